The molecular weight excluding hydrogens is 330 g/mol. The zero-order valence-electron chi connectivity index (χ0n) is 13.6. The molecule has 0 radical (unpaired) electrons. The van der Waals surface area contributed by atoms with Gasteiger partial charge in [-0.05, 0) is 44.5 Å². The lowest BCUT2D eigenvalue weighted by Crippen LogP contribution is -2.45. The highest BCUT2D eigenvalue weighted by Gasteiger charge is 2.30. The van der Waals surface area contributed by atoms with E-state index in [-0.39, 0.29) is 17.4 Å². The second kappa shape index (κ2) is 7.36. The van der Waals surface area contributed by atoms with Crippen LogP contribution in [0.25, 0.3) is 11.0 Å². The van der Waals surface area contributed by atoms with Crippen molar-refractivity contribution >= 4 is 28.5 Å². The van der Waals surface area contributed by atoms with E-state index in [2.05, 4.69) is 0 Å². The summed E-state index contributed by atoms with van der Waals surface area (Å²) in [4.78, 5) is 26.9. The minimum atomic E-state index is -0.298. The second-order valence-corrected chi connectivity index (χ2v) is 6.40. The standard InChI is InChI=1S/C18H20ClNO4/c1-2-23-18(22)15-5-3-4-8-20(15)10-12-11-24-16-7-6-13(19)9-14(16)17(12)21/h6-7,9,11,15H,2-5,8,10H2,1H3/t15-/m1/s1. The number of piperidine rings is 1. The van der Waals surface area contributed by atoms with Crippen molar-refractivity contribution in [2.75, 3.05) is 13.2 Å². The smallest absolute Gasteiger partial charge is 0.323 e. The number of carbonyl (C=O) groups excluding carboxylic acids is 1. The van der Waals surface area contributed by atoms with Crippen LogP contribution in [0.15, 0.2) is 33.7 Å². The third kappa shape index (κ3) is 3.47. The highest BCUT2D eigenvalue weighted by atomic mass is 35.5. The molecule has 1 aromatic heterocycles. The normalized spacial score (nSPS) is 18.7. The van der Waals surface area contributed by atoms with Gasteiger partial charge in [0, 0.05) is 17.1 Å². The van der Waals surface area contributed by atoms with Gasteiger partial charge in [0.05, 0.1) is 18.3 Å². The molecule has 128 valence electrons. The van der Waals surface area contributed by atoms with Crippen LogP contribution in [-0.2, 0) is 16.1 Å². The average molecular weight is 350 g/mol. The molecule has 0 amide bonds. The van der Waals surface area contributed by atoms with Crippen molar-refractivity contribution in [3.8, 4) is 0 Å². The number of likely N-dealkylation sites (tertiary alicyclic amines) is 1. The summed E-state index contributed by atoms with van der Waals surface area (Å²) in [6, 6.07) is 4.69. The number of nitrogens with zero attached hydrogens (tertiary/aromatic N) is 1. The molecule has 1 aromatic carbocycles. The van der Waals surface area contributed by atoms with E-state index < -0.39 is 0 Å². The Labute approximate surface area is 145 Å². The summed E-state index contributed by atoms with van der Waals surface area (Å²) in [6.07, 6.45) is 4.22. The first-order chi connectivity index (χ1) is 11.6. The molecule has 0 aliphatic carbocycles. The zero-order chi connectivity index (χ0) is 17.1. The largest absolute Gasteiger partial charge is 0.465 e. The van der Waals surface area contributed by atoms with Gasteiger partial charge in [0.25, 0.3) is 0 Å². The number of rotatable bonds is 4. The van der Waals surface area contributed by atoms with Crippen LogP contribution in [0.2, 0.25) is 5.02 Å². The first-order valence-corrected chi connectivity index (χ1v) is 8.58. The fraction of sp³-hybridized carbons (Fsp3) is 0.444. The first kappa shape index (κ1) is 17.0. The maximum Gasteiger partial charge on any atom is 0.323 e. The Kier molecular flexibility index (Phi) is 5.21. The monoisotopic (exact) mass is 349 g/mol. The van der Waals surface area contributed by atoms with E-state index in [0.29, 0.717) is 34.7 Å². The van der Waals surface area contributed by atoms with Gasteiger partial charge in [-0.1, -0.05) is 18.0 Å². The molecule has 0 N–H and O–H groups in total. The number of fused-ring (bicyclic) bond motifs is 1. The van der Waals surface area contributed by atoms with Crippen LogP contribution >= 0.6 is 11.6 Å². The molecule has 0 spiro atoms. The van der Waals surface area contributed by atoms with Gasteiger partial charge < -0.3 is 9.15 Å². The summed E-state index contributed by atoms with van der Waals surface area (Å²) in [5.74, 6) is -0.217. The zero-order valence-corrected chi connectivity index (χ0v) is 14.3. The number of carbonyl (C=O) groups is 1. The number of ether oxygens (including phenoxy) is 1. The van der Waals surface area contributed by atoms with E-state index >= 15 is 0 Å². The van der Waals surface area contributed by atoms with Crippen molar-refractivity contribution in [1.29, 1.82) is 0 Å². The van der Waals surface area contributed by atoms with Gasteiger partial charge in [-0.2, -0.15) is 0 Å². The van der Waals surface area contributed by atoms with Gasteiger partial charge in [0.15, 0.2) is 5.43 Å². The summed E-state index contributed by atoms with van der Waals surface area (Å²) in [5.41, 5.74) is 0.932. The molecule has 0 saturated carbocycles. The predicted molar refractivity (Wildman–Crippen MR) is 92.2 cm³/mol. The van der Waals surface area contributed by atoms with Crippen molar-refractivity contribution in [2.45, 2.75) is 38.8 Å². The molecule has 3 rings (SSSR count). The van der Waals surface area contributed by atoms with Gasteiger partial charge in [0.1, 0.15) is 11.6 Å². The molecule has 5 nitrogen and oxygen atoms in total. The Balaban J connectivity index is 1.89. The third-order valence-corrected chi connectivity index (χ3v) is 4.59. The fourth-order valence-electron chi connectivity index (χ4n) is 3.16. The van der Waals surface area contributed by atoms with Gasteiger partial charge in [-0.3, -0.25) is 14.5 Å². The molecule has 1 aliphatic heterocycles. The van der Waals surface area contributed by atoms with Gasteiger partial charge >= 0.3 is 5.97 Å². The summed E-state index contributed by atoms with van der Waals surface area (Å²) in [5, 5.41) is 0.957. The van der Waals surface area contributed by atoms with Crippen molar-refractivity contribution in [3.63, 3.8) is 0 Å². The Morgan fingerprint density at radius 2 is 2.25 bits per heavy atom. The SMILES string of the molecule is CCOC(=O)[C@H]1CCCCN1Cc1coc2ccc(Cl)cc2c1=O. The van der Waals surface area contributed by atoms with Gasteiger partial charge in [0.2, 0.25) is 0 Å². The van der Waals surface area contributed by atoms with Crippen molar-refractivity contribution in [1.82, 2.24) is 4.90 Å². The van der Waals surface area contributed by atoms with Gasteiger partial charge in [-0.15, -0.1) is 0 Å². The number of halogens is 1. The van der Waals surface area contributed by atoms with E-state index in [1.165, 1.54) is 6.26 Å². The van der Waals surface area contributed by atoms with E-state index in [0.717, 1.165) is 25.8 Å². The fourth-order valence-corrected chi connectivity index (χ4v) is 3.33. The molecule has 1 atom stereocenters. The summed E-state index contributed by atoms with van der Waals surface area (Å²) in [7, 11) is 0. The lowest BCUT2D eigenvalue weighted by atomic mass is 10.0. The van der Waals surface area contributed by atoms with E-state index in [1.807, 2.05) is 4.90 Å². The molecule has 0 unspecified atom stereocenters. The highest BCUT2D eigenvalue weighted by molar-refractivity contribution is 6.31. The van der Waals surface area contributed by atoms with Crippen LogP contribution in [0, 0.1) is 0 Å². The summed E-state index contributed by atoms with van der Waals surface area (Å²) >= 11 is 5.98. The number of hydrogen-bond donors (Lipinski definition) is 0. The van der Waals surface area contributed by atoms with Crippen LogP contribution in [0.1, 0.15) is 31.7 Å². The summed E-state index contributed by atoms with van der Waals surface area (Å²) in [6.45, 7) is 3.29. The molecule has 2 heterocycles. The number of esters is 1. The third-order valence-electron chi connectivity index (χ3n) is 4.35. The minimum Gasteiger partial charge on any atom is -0.465 e. The van der Waals surface area contributed by atoms with Gasteiger partial charge in [-0.25, -0.2) is 0 Å². The van der Waals surface area contributed by atoms with Crippen LogP contribution in [-0.4, -0.2) is 30.1 Å². The van der Waals surface area contributed by atoms with Crippen molar-refractivity contribution < 1.29 is 13.9 Å². The minimum absolute atomic E-state index is 0.105. The van der Waals surface area contributed by atoms with Crippen molar-refractivity contribution in [2.24, 2.45) is 0 Å². The topological polar surface area (TPSA) is 59.8 Å². The molecule has 1 aliphatic rings. The second-order valence-electron chi connectivity index (χ2n) is 5.96. The Hall–Kier alpha value is -1.85. The maximum atomic E-state index is 12.7. The number of benzene rings is 1. The lowest BCUT2D eigenvalue weighted by molar-refractivity contribution is -0.151. The molecule has 6 heteroatoms. The predicted octanol–water partition coefficient (Wildman–Crippen LogP) is 3.36. The van der Waals surface area contributed by atoms with E-state index in [1.54, 1.807) is 25.1 Å². The first-order valence-electron chi connectivity index (χ1n) is 8.20. The highest BCUT2D eigenvalue weighted by Crippen LogP contribution is 2.22. The Morgan fingerprint density at radius 1 is 1.42 bits per heavy atom. The van der Waals surface area contributed by atoms with Crippen molar-refractivity contribution in [3.05, 3.63) is 45.3 Å². The lowest BCUT2D eigenvalue weighted by Gasteiger charge is -2.33. The molecule has 1 fully saturated rings. The van der Waals surface area contributed by atoms with Crippen LogP contribution in [0.3, 0.4) is 0 Å². The molecule has 0 bridgehead atoms. The molecule has 1 saturated heterocycles. The molecular formula is C18H20ClNO4. The van der Waals surface area contributed by atoms with Crippen LogP contribution in [0.4, 0.5) is 0 Å². The average Bonchev–Trinajstić information content (AvgIpc) is 2.58. The van der Waals surface area contributed by atoms with Crippen LogP contribution in [0.5, 0.6) is 0 Å². The summed E-state index contributed by atoms with van der Waals surface area (Å²) < 4.78 is 10.7. The van der Waals surface area contributed by atoms with E-state index in [9.17, 15) is 9.59 Å². The Bertz CT molecular complexity index is 801. The van der Waals surface area contributed by atoms with E-state index in [4.69, 9.17) is 20.8 Å². The number of hydrogen-bond acceptors (Lipinski definition) is 5. The quantitative estimate of drug-likeness (QED) is 0.792. The maximum absolute atomic E-state index is 12.7. The molecule has 2 aromatic rings. The van der Waals surface area contributed by atoms with Crippen LogP contribution < -0.4 is 5.43 Å². The molecule has 24 heavy (non-hydrogen) atoms. The Morgan fingerprint density at radius 3 is 3.04 bits per heavy atom.